The molecule has 0 spiro atoms. The molecule has 5 nitrogen and oxygen atoms in total. The Kier molecular flexibility index (Phi) is 7.68. The largest absolute Gasteiger partial charge is 0.494 e. The molecule has 0 fully saturated rings. The predicted molar refractivity (Wildman–Crippen MR) is 83.8 cm³/mol. The number of carbonyl (C=O) groups excluding carboxylic acids is 1. The molecule has 0 saturated carbocycles. The van der Waals surface area contributed by atoms with Crippen LogP contribution < -0.4 is 10.1 Å². The van der Waals surface area contributed by atoms with Crippen molar-refractivity contribution in [2.45, 2.75) is 26.8 Å². The number of hydrogen-bond acceptors (Lipinski definition) is 4. The zero-order valence-corrected chi connectivity index (χ0v) is 13.2. The Labute approximate surface area is 129 Å². The third-order valence-electron chi connectivity index (χ3n) is 2.72. The highest BCUT2D eigenvalue weighted by Crippen LogP contribution is 2.17. The van der Waals surface area contributed by atoms with Crippen LogP contribution in [-0.2, 0) is 16.1 Å². The van der Waals surface area contributed by atoms with Crippen LogP contribution in [-0.4, -0.2) is 35.1 Å². The molecule has 21 heavy (non-hydrogen) atoms. The average Bonchev–Trinajstić information content (AvgIpc) is 2.43. The standard InChI is InChI=1S/C15H21NO4S/c1-3-6-20-13-5-4-12(11(2)7-13)8-16-14(17)9-21-10-15(18)19/h4-5,7H,3,6,8-10H2,1-2H3,(H,16,17)(H,18,19). The third kappa shape index (κ3) is 7.04. The van der Waals surface area contributed by atoms with Gasteiger partial charge in [-0.1, -0.05) is 13.0 Å². The molecule has 116 valence electrons. The number of benzene rings is 1. The molecule has 0 aliphatic heterocycles. The Morgan fingerprint density at radius 2 is 2.10 bits per heavy atom. The molecule has 0 saturated heterocycles. The zero-order chi connectivity index (χ0) is 15.7. The van der Waals surface area contributed by atoms with Gasteiger partial charge in [0.15, 0.2) is 0 Å². The number of nitrogens with one attached hydrogen (secondary N) is 1. The molecule has 1 aromatic carbocycles. The Bertz CT molecular complexity index is 491. The summed E-state index contributed by atoms with van der Waals surface area (Å²) < 4.78 is 5.55. The second kappa shape index (κ2) is 9.28. The average molecular weight is 311 g/mol. The van der Waals surface area contributed by atoms with Gasteiger partial charge in [0.25, 0.3) is 0 Å². The minimum Gasteiger partial charge on any atom is -0.494 e. The van der Waals surface area contributed by atoms with Crippen molar-refractivity contribution in [3.05, 3.63) is 29.3 Å². The summed E-state index contributed by atoms with van der Waals surface area (Å²) in [5, 5.41) is 11.3. The van der Waals surface area contributed by atoms with Crippen LogP contribution in [0.4, 0.5) is 0 Å². The molecule has 6 heteroatoms. The zero-order valence-electron chi connectivity index (χ0n) is 12.3. The molecule has 0 atom stereocenters. The summed E-state index contributed by atoms with van der Waals surface area (Å²) in [5.74, 6) is -0.140. The van der Waals surface area contributed by atoms with E-state index in [1.165, 1.54) is 0 Å². The van der Waals surface area contributed by atoms with Crippen LogP contribution in [0.15, 0.2) is 18.2 Å². The van der Waals surface area contributed by atoms with Crippen molar-refractivity contribution in [3.63, 3.8) is 0 Å². The Balaban J connectivity index is 2.40. The fraction of sp³-hybridized carbons (Fsp3) is 0.467. The molecular weight excluding hydrogens is 290 g/mol. The summed E-state index contributed by atoms with van der Waals surface area (Å²) >= 11 is 1.09. The van der Waals surface area contributed by atoms with Gasteiger partial charge in [-0.05, 0) is 36.6 Å². The van der Waals surface area contributed by atoms with Crippen LogP contribution >= 0.6 is 11.8 Å². The highest BCUT2D eigenvalue weighted by Gasteiger charge is 2.06. The topological polar surface area (TPSA) is 75.6 Å². The minimum atomic E-state index is -0.911. The summed E-state index contributed by atoms with van der Waals surface area (Å²) in [6.07, 6.45) is 0.963. The Morgan fingerprint density at radius 1 is 1.33 bits per heavy atom. The fourth-order valence-corrected chi connectivity index (χ4v) is 2.22. The van der Waals surface area contributed by atoms with Crippen LogP contribution in [0, 0.1) is 6.92 Å². The first-order chi connectivity index (χ1) is 10.0. The number of aryl methyl sites for hydroxylation is 1. The van der Waals surface area contributed by atoms with Crippen molar-refractivity contribution >= 4 is 23.6 Å². The molecule has 0 unspecified atom stereocenters. The first kappa shape index (κ1) is 17.4. The molecule has 0 bridgehead atoms. The molecule has 1 aromatic rings. The molecule has 0 radical (unpaired) electrons. The van der Waals surface area contributed by atoms with Crippen LogP contribution in [0.5, 0.6) is 5.75 Å². The minimum absolute atomic E-state index is 0.0596. The van der Waals surface area contributed by atoms with E-state index in [4.69, 9.17) is 9.84 Å². The van der Waals surface area contributed by atoms with Gasteiger partial charge >= 0.3 is 5.97 Å². The van der Waals surface area contributed by atoms with Crippen molar-refractivity contribution in [2.24, 2.45) is 0 Å². The summed E-state index contributed by atoms with van der Waals surface area (Å²) in [7, 11) is 0. The van der Waals surface area contributed by atoms with E-state index in [1.54, 1.807) is 0 Å². The molecule has 0 aromatic heterocycles. The quantitative estimate of drug-likeness (QED) is 0.731. The normalized spacial score (nSPS) is 10.2. The SMILES string of the molecule is CCCOc1ccc(CNC(=O)CSCC(=O)O)c(C)c1. The number of aliphatic carboxylic acids is 1. The number of thioether (sulfide) groups is 1. The molecule has 1 rings (SSSR count). The van der Waals surface area contributed by atoms with Crippen LogP contribution in [0.2, 0.25) is 0 Å². The van der Waals surface area contributed by atoms with Gasteiger partial charge in [-0.2, -0.15) is 0 Å². The molecular formula is C15H21NO4S. The van der Waals surface area contributed by atoms with E-state index in [9.17, 15) is 9.59 Å². The van der Waals surface area contributed by atoms with E-state index in [-0.39, 0.29) is 17.4 Å². The van der Waals surface area contributed by atoms with Gasteiger partial charge in [0.1, 0.15) is 5.75 Å². The van der Waals surface area contributed by atoms with Crippen molar-refractivity contribution in [3.8, 4) is 5.75 Å². The number of carboxylic acids is 1. The van der Waals surface area contributed by atoms with Crippen LogP contribution in [0.1, 0.15) is 24.5 Å². The van der Waals surface area contributed by atoms with E-state index in [2.05, 4.69) is 12.2 Å². The lowest BCUT2D eigenvalue weighted by Gasteiger charge is -2.10. The number of carbonyl (C=O) groups is 2. The van der Waals surface area contributed by atoms with Gasteiger partial charge < -0.3 is 15.2 Å². The third-order valence-corrected chi connectivity index (χ3v) is 3.64. The second-order valence-corrected chi connectivity index (χ2v) is 5.59. The van der Waals surface area contributed by atoms with Crippen molar-refractivity contribution in [2.75, 3.05) is 18.1 Å². The first-order valence-electron chi connectivity index (χ1n) is 6.81. The van der Waals surface area contributed by atoms with Crippen molar-refractivity contribution in [1.29, 1.82) is 0 Å². The monoisotopic (exact) mass is 311 g/mol. The number of amides is 1. The molecule has 0 aliphatic rings. The van der Waals surface area contributed by atoms with Crippen LogP contribution in [0.25, 0.3) is 0 Å². The summed E-state index contributed by atoms with van der Waals surface area (Å²) in [4.78, 5) is 21.9. The number of hydrogen-bond donors (Lipinski definition) is 2. The first-order valence-corrected chi connectivity index (χ1v) is 7.97. The predicted octanol–water partition coefficient (Wildman–Crippen LogP) is 2.22. The van der Waals surface area contributed by atoms with Crippen molar-refractivity contribution < 1.29 is 19.4 Å². The van der Waals surface area contributed by atoms with E-state index in [1.807, 2.05) is 25.1 Å². The van der Waals surface area contributed by atoms with E-state index in [0.717, 1.165) is 35.1 Å². The molecule has 0 heterocycles. The highest BCUT2D eigenvalue weighted by molar-refractivity contribution is 8.00. The smallest absolute Gasteiger partial charge is 0.313 e. The van der Waals surface area contributed by atoms with Gasteiger partial charge in [0, 0.05) is 6.54 Å². The molecule has 1 amide bonds. The lowest BCUT2D eigenvalue weighted by molar-refractivity contribution is -0.133. The number of carboxylic acid groups (broad SMARTS) is 1. The molecule has 2 N–H and O–H groups in total. The lowest BCUT2D eigenvalue weighted by atomic mass is 10.1. The Morgan fingerprint density at radius 3 is 2.71 bits per heavy atom. The van der Waals surface area contributed by atoms with Gasteiger partial charge in [-0.15, -0.1) is 11.8 Å². The maximum atomic E-state index is 11.6. The van der Waals surface area contributed by atoms with Gasteiger partial charge in [0.2, 0.25) is 5.91 Å². The maximum Gasteiger partial charge on any atom is 0.313 e. The Hall–Kier alpha value is -1.69. The fourth-order valence-electron chi connectivity index (χ4n) is 1.65. The molecule has 0 aliphatic carbocycles. The van der Waals surface area contributed by atoms with Crippen molar-refractivity contribution in [1.82, 2.24) is 5.32 Å². The van der Waals surface area contributed by atoms with Crippen LogP contribution in [0.3, 0.4) is 0 Å². The summed E-state index contributed by atoms with van der Waals surface area (Å²) in [6, 6.07) is 5.78. The summed E-state index contributed by atoms with van der Waals surface area (Å²) in [5.41, 5.74) is 2.08. The second-order valence-electron chi connectivity index (χ2n) is 4.60. The maximum absolute atomic E-state index is 11.6. The van der Waals surface area contributed by atoms with E-state index >= 15 is 0 Å². The van der Waals surface area contributed by atoms with E-state index < -0.39 is 5.97 Å². The van der Waals surface area contributed by atoms with E-state index in [0.29, 0.717) is 13.2 Å². The lowest BCUT2D eigenvalue weighted by Crippen LogP contribution is -2.25. The van der Waals surface area contributed by atoms with Gasteiger partial charge in [0.05, 0.1) is 18.1 Å². The highest BCUT2D eigenvalue weighted by atomic mass is 32.2. The summed E-state index contributed by atoms with van der Waals surface area (Å²) in [6.45, 7) is 5.15. The van der Waals surface area contributed by atoms with Gasteiger partial charge in [-0.3, -0.25) is 9.59 Å². The van der Waals surface area contributed by atoms with Gasteiger partial charge in [-0.25, -0.2) is 0 Å². The number of rotatable bonds is 9. The number of ether oxygens (including phenoxy) is 1.